The average molecular weight is 444 g/mol. The van der Waals surface area contributed by atoms with Gasteiger partial charge in [-0.25, -0.2) is 0 Å². The molecule has 0 saturated carbocycles. The number of aromatic nitrogens is 2. The summed E-state index contributed by atoms with van der Waals surface area (Å²) in [5, 5.41) is 7.46. The summed E-state index contributed by atoms with van der Waals surface area (Å²) in [6.07, 6.45) is 0.613. The lowest BCUT2D eigenvalue weighted by Gasteiger charge is -2.29. The van der Waals surface area contributed by atoms with Crippen molar-refractivity contribution in [2.75, 3.05) is 26.2 Å². The molecule has 1 N–H and O–H groups in total. The summed E-state index contributed by atoms with van der Waals surface area (Å²) in [6, 6.07) is 19.1. The van der Waals surface area contributed by atoms with E-state index in [1.807, 2.05) is 53.2 Å². The molecule has 0 radical (unpaired) electrons. The summed E-state index contributed by atoms with van der Waals surface area (Å²) in [5.41, 5.74) is 3.79. The van der Waals surface area contributed by atoms with E-state index in [9.17, 15) is 14.4 Å². The number of nitrogens with zero attached hydrogens (tertiary/aromatic N) is 4. The number of fused-ring (bicyclic) bond motifs is 1. The van der Waals surface area contributed by atoms with Crippen molar-refractivity contribution in [2.45, 2.75) is 19.5 Å². The van der Waals surface area contributed by atoms with E-state index in [1.54, 1.807) is 17.0 Å². The second-order valence-corrected chi connectivity index (χ2v) is 8.34. The van der Waals surface area contributed by atoms with Crippen LogP contribution < -0.4 is 5.32 Å². The molecule has 0 spiro atoms. The SMILES string of the molecule is O=C1CN(C(=O)c2nn(Cc3ccccc3)c3c2CN(C(=O)c2ccccc2)CC3)CCN1. The van der Waals surface area contributed by atoms with Gasteiger partial charge in [0, 0.05) is 42.9 Å². The van der Waals surface area contributed by atoms with Crippen LogP contribution in [0.3, 0.4) is 0 Å². The molecular formula is C25H25N5O3. The van der Waals surface area contributed by atoms with Crippen LogP contribution in [0.4, 0.5) is 0 Å². The predicted molar refractivity (Wildman–Crippen MR) is 122 cm³/mol. The molecule has 33 heavy (non-hydrogen) atoms. The molecule has 8 nitrogen and oxygen atoms in total. The molecule has 8 heteroatoms. The van der Waals surface area contributed by atoms with Gasteiger partial charge in [-0.15, -0.1) is 0 Å². The lowest BCUT2D eigenvalue weighted by molar-refractivity contribution is -0.123. The number of benzene rings is 2. The van der Waals surface area contributed by atoms with E-state index < -0.39 is 0 Å². The summed E-state index contributed by atoms with van der Waals surface area (Å²) >= 11 is 0. The van der Waals surface area contributed by atoms with Gasteiger partial charge in [-0.2, -0.15) is 5.10 Å². The maximum Gasteiger partial charge on any atom is 0.275 e. The first kappa shape index (κ1) is 20.9. The summed E-state index contributed by atoms with van der Waals surface area (Å²) < 4.78 is 1.88. The van der Waals surface area contributed by atoms with Crippen LogP contribution in [0.25, 0.3) is 0 Å². The Morgan fingerprint density at radius 1 is 0.879 bits per heavy atom. The predicted octanol–water partition coefficient (Wildman–Crippen LogP) is 1.70. The van der Waals surface area contributed by atoms with Gasteiger partial charge in [0.05, 0.1) is 19.6 Å². The lowest BCUT2D eigenvalue weighted by atomic mass is 10.0. The minimum Gasteiger partial charge on any atom is -0.353 e. The molecule has 1 aromatic heterocycles. The zero-order valence-electron chi connectivity index (χ0n) is 18.2. The Kier molecular flexibility index (Phi) is 5.64. The maximum absolute atomic E-state index is 13.4. The van der Waals surface area contributed by atoms with Gasteiger partial charge in [0.2, 0.25) is 5.91 Å². The van der Waals surface area contributed by atoms with E-state index in [4.69, 9.17) is 5.10 Å². The van der Waals surface area contributed by atoms with Crippen LogP contribution in [0.1, 0.15) is 37.7 Å². The zero-order chi connectivity index (χ0) is 22.8. The third kappa shape index (κ3) is 4.24. The quantitative estimate of drug-likeness (QED) is 0.665. The van der Waals surface area contributed by atoms with Crippen molar-refractivity contribution >= 4 is 17.7 Å². The Morgan fingerprint density at radius 3 is 2.30 bits per heavy atom. The van der Waals surface area contributed by atoms with Crippen LogP contribution in [0.2, 0.25) is 0 Å². The molecule has 0 aliphatic carbocycles. The first-order valence-electron chi connectivity index (χ1n) is 11.1. The Morgan fingerprint density at radius 2 is 1.58 bits per heavy atom. The highest BCUT2D eigenvalue weighted by atomic mass is 16.2. The number of piperazine rings is 1. The molecule has 0 unspecified atom stereocenters. The monoisotopic (exact) mass is 443 g/mol. The fourth-order valence-electron chi connectivity index (χ4n) is 4.45. The van der Waals surface area contributed by atoms with Crippen molar-refractivity contribution in [2.24, 2.45) is 0 Å². The number of carbonyl (C=O) groups is 3. The Hall–Kier alpha value is -3.94. The molecule has 1 saturated heterocycles. The number of hydrogen-bond acceptors (Lipinski definition) is 4. The van der Waals surface area contributed by atoms with Gasteiger partial charge >= 0.3 is 0 Å². The fourth-order valence-corrected chi connectivity index (χ4v) is 4.45. The van der Waals surface area contributed by atoms with E-state index in [2.05, 4.69) is 5.32 Å². The van der Waals surface area contributed by atoms with Gasteiger partial charge in [-0.3, -0.25) is 19.1 Å². The number of amides is 3. The van der Waals surface area contributed by atoms with Crippen LogP contribution >= 0.6 is 0 Å². The summed E-state index contributed by atoms with van der Waals surface area (Å²) in [6.45, 7) is 2.31. The highest BCUT2D eigenvalue weighted by molar-refractivity contribution is 5.98. The standard InChI is InChI=1S/C25H25N5O3/c31-22-17-29(14-12-26-22)25(33)23-20-16-28(24(32)19-9-5-2-6-10-19)13-11-21(20)30(27-23)15-18-7-3-1-4-8-18/h1-10H,11-17H2,(H,26,31). The van der Waals surface area contributed by atoms with Crippen molar-refractivity contribution in [3.8, 4) is 0 Å². The number of hydrogen-bond donors (Lipinski definition) is 1. The molecule has 0 atom stereocenters. The fraction of sp³-hybridized carbons (Fsp3) is 0.280. The molecular weight excluding hydrogens is 418 g/mol. The third-order valence-corrected chi connectivity index (χ3v) is 6.15. The second kappa shape index (κ2) is 8.90. The number of rotatable bonds is 4. The molecule has 1 fully saturated rings. The van der Waals surface area contributed by atoms with Crippen LogP contribution in [0, 0.1) is 0 Å². The Labute approximate surface area is 191 Å². The number of nitrogens with one attached hydrogen (secondary N) is 1. The van der Waals surface area contributed by atoms with Crippen LogP contribution in [0.15, 0.2) is 60.7 Å². The molecule has 2 aliphatic rings. The van der Waals surface area contributed by atoms with Crippen LogP contribution in [0.5, 0.6) is 0 Å². The minimum absolute atomic E-state index is 0.0197. The van der Waals surface area contributed by atoms with E-state index in [-0.39, 0.29) is 24.3 Å². The Balaban J connectivity index is 1.48. The average Bonchev–Trinajstić information content (AvgIpc) is 3.21. The molecule has 3 aromatic rings. The minimum atomic E-state index is -0.262. The topological polar surface area (TPSA) is 87.5 Å². The third-order valence-electron chi connectivity index (χ3n) is 6.15. The first-order chi connectivity index (χ1) is 16.1. The highest BCUT2D eigenvalue weighted by Gasteiger charge is 2.33. The summed E-state index contributed by atoms with van der Waals surface area (Å²) in [5.74, 6) is -0.497. The molecule has 5 rings (SSSR count). The number of carbonyl (C=O) groups excluding carboxylic acids is 3. The van der Waals surface area contributed by atoms with Gasteiger partial charge < -0.3 is 15.1 Å². The van der Waals surface area contributed by atoms with E-state index in [1.165, 1.54) is 4.90 Å². The summed E-state index contributed by atoms with van der Waals surface area (Å²) in [7, 11) is 0. The molecule has 0 bridgehead atoms. The Bertz CT molecular complexity index is 1190. The maximum atomic E-state index is 13.4. The van der Waals surface area contributed by atoms with Crippen molar-refractivity contribution in [1.82, 2.24) is 24.9 Å². The van der Waals surface area contributed by atoms with Gasteiger partial charge in [0.25, 0.3) is 11.8 Å². The molecule has 3 heterocycles. The molecule has 2 aromatic carbocycles. The van der Waals surface area contributed by atoms with E-state index >= 15 is 0 Å². The van der Waals surface area contributed by atoms with Crippen molar-refractivity contribution < 1.29 is 14.4 Å². The zero-order valence-corrected chi connectivity index (χ0v) is 18.2. The normalized spacial score (nSPS) is 15.7. The second-order valence-electron chi connectivity index (χ2n) is 8.34. The van der Waals surface area contributed by atoms with E-state index in [0.717, 1.165) is 16.8 Å². The van der Waals surface area contributed by atoms with Crippen LogP contribution in [-0.4, -0.2) is 63.5 Å². The highest BCUT2D eigenvalue weighted by Crippen LogP contribution is 2.26. The van der Waals surface area contributed by atoms with Gasteiger partial charge in [0.15, 0.2) is 5.69 Å². The van der Waals surface area contributed by atoms with Gasteiger partial charge in [-0.05, 0) is 17.7 Å². The van der Waals surface area contributed by atoms with Crippen LogP contribution in [-0.2, 0) is 24.3 Å². The van der Waals surface area contributed by atoms with Gasteiger partial charge in [-0.1, -0.05) is 48.5 Å². The largest absolute Gasteiger partial charge is 0.353 e. The van der Waals surface area contributed by atoms with Gasteiger partial charge in [0.1, 0.15) is 0 Å². The first-order valence-corrected chi connectivity index (χ1v) is 11.1. The smallest absolute Gasteiger partial charge is 0.275 e. The summed E-state index contributed by atoms with van der Waals surface area (Å²) in [4.78, 5) is 41.6. The molecule has 168 valence electrons. The lowest BCUT2D eigenvalue weighted by Crippen LogP contribution is -2.50. The van der Waals surface area contributed by atoms with Crippen molar-refractivity contribution in [3.63, 3.8) is 0 Å². The van der Waals surface area contributed by atoms with E-state index in [0.29, 0.717) is 50.4 Å². The molecule has 3 amide bonds. The van der Waals surface area contributed by atoms with Crippen molar-refractivity contribution in [1.29, 1.82) is 0 Å². The van der Waals surface area contributed by atoms with Crippen molar-refractivity contribution in [3.05, 3.63) is 88.7 Å². The molecule has 2 aliphatic heterocycles.